The number of nitrogens with zero attached hydrogens (tertiary/aromatic N) is 3. The lowest BCUT2D eigenvalue weighted by Gasteiger charge is -2.08. The molecule has 6 heteroatoms. The molecule has 25 heavy (non-hydrogen) atoms. The van der Waals surface area contributed by atoms with Gasteiger partial charge in [0.1, 0.15) is 11.3 Å². The molecule has 0 saturated heterocycles. The molecule has 0 aliphatic heterocycles. The zero-order chi connectivity index (χ0) is 17.4. The number of aromatic amines is 1. The summed E-state index contributed by atoms with van der Waals surface area (Å²) in [7, 11) is 3.24. The van der Waals surface area contributed by atoms with Gasteiger partial charge in [0.25, 0.3) is 0 Å². The van der Waals surface area contributed by atoms with E-state index in [-0.39, 0.29) is 0 Å². The number of benzene rings is 2. The highest BCUT2D eigenvalue weighted by molar-refractivity contribution is 5.80. The summed E-state index contributed by atoms with van der Waals surface area (Å²) in [6.45, 7) is 1.97. The smallest absolute Gasteiger partial charge is 0.181 e. The molecule has 0 aliphatic carbocycles. The first-order valence-electron chi connectivity index (χ1n) is 7.94. The maximum absolute atomic E-state index is 5.39. The van der Waals surface area contributed by atoms with Crippen LogP contribution >= 0.6 is 0 Å². The highest BCUT2D eigenvalue weighted by Gasteiger charge is 2.16. The standard InChI is InChI=1S/C19H18N4O2/c1-12-17-19(23(22-12)14-7-5-4-6-8-14)21-18(20-17)13-9-10-15(24-2)16(11-13)25-3/h4-11H,1-3H3,(H,20,21). The molecule has 0 aliphatic rings. The summed E-state index contributed by atoms with van der Waals surface area (Å²) >= 11 is 0. The van der Waals surface area contributed by atoms with Crippen LogP contribution in [0.25, 0.3) is 28.2 Å². The van der Waals surface area contributed by atoms with Crippen molar-refractivity contribution in [3.8, 4) is 28.6 Å². The van der Waals surface area contributed by atoms with Gasteiger partial charge in [-0.1, -0.05) is 18.2 Å². The molecular weight excluding hydrogens is 316 g/mol. The molecule has 4 aromatic rings. The summed E-state index contributed by atoms with van der Waals surface area (Å²) in [6.07, 6.45) is 0. The third kappa shape index (κ3) is 2.52. The van der Waals surface area contributed by atoms with Gasteiger partial charge in [-0.25, -0.2) is 9.67 Å². The lowest BCUT2D eigenvalue weighted by atomic mass is 10.2. The number of hydrogen-bond acceptors (Lipinski definition) is 4. The van der Waals surface area contributed by atoms with Gasteiger partial charge in [-0.15, -0.1) is 0 Å². The van der Waals surface area contributed by atoms with Crippen LogP contribution in [0, 0.1) is 6.92 Å². The SMILES string of the molecule is COc1ccc(-c2nc3c([nH]2)c(C)nn3-c2ccccc2)cc1OC. The average Bonchev–Trinajstić information content (AvgIpc) is 3.22. The molecule has 1 N–H and O–H groups in total. The van der Waals surface area contributed by atoms with Crippen molar-refractivity contribution in [2.24, 2.45) is 0 Å². The normalized spacial score (nSPS) is 11.0. The zero-order valence-corrected chi connectivity index (χ0v) is 14.3. The largest absolute Gasteiger partial charge is 0.493 e. The van der Waals surface area contributed by atoms with E-state index in [1.807, 2.05) is 60.1 Å². The molecule has 2 aromatic heterocycles. The van der Waals surface area contributed by atoms with Gasteiger partial charge in [0, 0.05) is 5.56 Å². The van der Waals surface area contributed by atoms with E-state index in [0.29, 0.717) is 11.5 Å². The van der Waals surface area contributed by atoms with Gasteiger partial charge >= 0.3 is 0 Å². The Morgan fingerprint density at radius 2 is 1.72 bits per heavy atom. The summed E-state index contributed by atoms with van der Waals surface area (Å²) < 4.78 is 12.5. The van der Waals surface area contributed by atoms with Crippen molar-refractivity contribution in [3.63, 3.8) is 0 Å². The minimum absolute atomic E-state index is 0.668. The maximum Gasteiger partial charge on any atom is 0.181 e. The maximum atomic E-state index is 5.39. The average molecular weight is 334 g/mol. The molecule has 0 saturated carbocycles. The van der Waals surface area contributed by atoms with Gasteiger partial charge in [0.2, 0.25) is 0 Å². The lowest BCUT2D eigenvalue weighted by Crippen LogP contribution is -1.97. The number of methoxy groups -OCH3 is 2. The Bertz CT molecular complexity index is 1030. The van der Waals surface area contributed by atoms with Crippen LogP contribution < -0.4 is 9.47 Å². The predicted molar refractivity (Wildman–Crippen MR) is 96.5 cm³/mol. The van der Waals surface area contributed by atoms with E-state index < -0.39 is 0 Å². The fraction of sp³-hybridized carbons (Fsp3) is 0.158. The summed E-state index contributed by atoms with van der Waals surface area (Å²) in [4.78, 5) is 8.13. The van der Waals surface area contributed by atoms with Gasteiger partial charge in [-0.05, 0) is 37.3 Å². The third-order valence-corrected chi connectivity index (χ3v) is 4.15. The number of hydrogen-bond donors (Lipinski definition) is 1. The van der Waals surface area contributed by atoms with E-state index in [0.717, 1.165) is 33.9 Å². The van der Waals surface area contributed by atoms with Gasteiger partial charge in [0.15, 0.2) is 17.1 Å². The van der Waals surface area contributed by atoms with Crippen LogP contribution in [0.4, 0.5) is 0 Å². The van der Waals surface area contributed by atoms with Crippen LogP contribution in [-0.2, 0) is 0 Å². The van der Waals surface area contributed by atoms with Crippen molar-refractivity contribution in [1.29, 1.82) is 0 Å². The molecule has 2 heterocycles. The second-order valence-corrected chi connectivity index (χ2v) is 5.69. The summed E-state index contributed by atoms with van der Waals surface area (Å²) in [6, 6.07) is 15.7. The first kappa shape index (κ1) is 15.3. The quantitative estimate of drug-likeness (QED) is 0.617. The van der Waals surface area contributed by atoms with Crippen LogP contribution in [0.2, 0.25) is 0 Å². The van der Waals surface area contributed by atoms with E-state index in [1.54, 1.807) is 14.2 Å². The van der Waals surface area contributed by atoms with E-state index in [4.69, 9.17) is 14.5 Å². The number of imidazole rings is 1. The second kappa shape index (κ2) is 5.98. The van der Waals surface area contributed by atoms with Crippen molar-refractivity contribution in [3.05, 3.63) is 54.2 Å². The van der Waals surface area contributed by atoms with Crippen molar-refractivity contribution >= 4 is 11.2 Å². The topological polar surface area (TPSA) is 65.0 Å². The Kier molecular flexibility index (Phi) is 3.65. The Balaban J connectivity index is 1.85. The Hall–Kier alpha value is -3.28. The van der Waals surface area contributed by atoms with Crippen molar-refractivity contribution in [2.75, 3.05) is 14.2 Å². The van der Waals surface area contributed by atoms with Gasteiger partial charge < -0.3 is 14.5 Å². The number of para-hydroxylation sites is 1. The number of fused-ring (bicyclic) bond motifs is 1. The van der Waals surface area contributed by atoms with Gasteiger partial charge in [0.05, 0.1) is 25.6 Å². The first-order chi connectivity index (χ1) is 12.2. The highest BCUT2D eigenvalue weighted by atomic mass is 16.5. The summed E-state index contributed by atoms with van der Waals surface area (Å²) in [5, 5.41) is 4.59. The molecule has 0 bridgehead atoms. The van der Waals surface area contributed by atoms with E-state index in [2.05, 4.69) is 10.1 Å². The molecule has 0 spiro atoms. The zero-order valence-electron chi connectivity index (χ0n) is 14.3. The fourth-order valence-corrected chi connectivity index (χ4v) is 2.89. The molecule has 0 unspecified atom stereocenters. The van der Waals surface area contributed by atoms with Crippen LogP contribution in [-0.4, -0.2) is 34.0 Å². The molecule has 4 rings (SSSR count). The lowest BCUT2D eigenvalue weighted by molar-refractivity contribution is 0.355. The first-order valence-corrected chi connectivity index (χ1v) is 7.94. The summed E-state index contributed by atoms with van der Waals surface area (Å²) in [5.41, 5.74) is 4.53. The van der Waals surface area contributed by atoms with Crippen molar-refractivity contribution in [2.45, 2.75) is 6.92 Å². The van der Waals surface area contributed by atoms with E-state index in [1.165, 1.54) is 0 Å². The van der Waals surface area contributed by atoms with Crippen LogP contribution in [0.15, 0.2) is 48.5 Å². The molecule has 0 atom stereocenters. The van der Waals surface area contributed by atoms with Crippen LogP contribution in [0.1, 0.15) is 5.69 Å². The van der Waals surface area contributed by atoms with Crippen LogP contribution in [0.5, 0.6) is 11.5 Å². The molecule has 2 aromatic carbocycles. The minimum atomic E-state index is 0.668. The molecule has 0 radical (unpaired) electrons. The second-order valence-electron chi connectivity index (χ2n) is 5.69. The number of rotatable bonds is 4. The minimum Gasteiger partial charge on any atom is -0.493 e. The van der Waals surface area contributed by atoms with E-state index in [9.17, 15) is 0 Å². The van der Waals surface area contributed by atoms with Crippen LogP contribution in [0.3, 0.4) is 0 Å². The monoisotopic (exact) mass is 334 g/mol. The number of aryl methyl sites for hydroxylation is 1. The van der Waals surface area contributed by atoms with Crippen molar-refractivity contribution < 1.29 is 9.47 Å². The van der Waals surface area contributed by atoms with Gasteiger partial charge in [-0.2, -0.15) is 5.10 Å². The Morgan fingerprint density at radius 1 is 0.960 bits per heavy atom. The number of aromatic nitrogens is 4. The fourth-order valence-electron chi connectivity index (χ4n) is 2.89. The van der Waals surface area contributed by atoms with Crippen molar-refractivity contribution in [1.82, 2.24) is 19.7 Å². The predicted octanol–water partition coefficient (Wildman–Crippen LogP) is 3.74. The number of ether oxygens (including phenoxy) is 2. The molecule has 0 amide bonds. The number of nitrogens with one attached hydrogen (secondary N) is 1. The molecule has 6 nitrogen and oxygen atoms in total. The summed E-state index contributed by atoms with van der Waals surface area (Å²) in [5.74, 6) is 2.12. The third-order valence-electron chi connectivity index (χ3n) is 4.15. The molecule has 0 fully saturated rings. The molecular formula is C19H18N4O2. The van der Waals surface area contributed by atoms with Gasteiger partial charge in [-0.3, -0.25) is 0 Å². The Labute approximate surface area is 145 Å². The molecule has 126 valence electrons. The Morgan fingerprint density at radius 3 is 2.44 bits per heavy atom. The number of H-pyrrole nitrogens is 1. The highest BCUT2D eigenvalue weighted by Crippen LogP contribution is 2.32. The van der Waals surface area contributed by atoms with E-state index >= 15 is 0 Å².